The van der Waals surface area contributed by atoms with Crippen molar-refractivity contribution in [3.8, 4) is 0 Å². The quantitative estimate of drug-likeness (QED) is 0.640. The van der Waals surface area contributed by atoms with Crippen LogP contribution in [-0.2, 0) is 4.79 Å². The van der Waals surface area contributed by atoms with Crippen molar-refractivity contribution < 1.29 is 9.90 Å². The Hall–Kier alpha value is -0.570. The summed E-state index contributed by atoms with van der Waals surface area (Å²) >= 11 is 0. The van der Waals surface area contributed by atoms with Crippen molar-refractivity contribution in [1.82, 2.24) is 5.32 Å². The van der Waals surface area contributed by atoms with Crippen LogP contribution in [0, 0.1) is 17.8 Å². The van der Waals surface area contributed by atoms with E-state index in [1.165, 1.54) is 6.42 Å². The molecular formula is C10H17NO2. The highest BCUT2D eigenvalue weighted by Crippen LogP contribution is 2.37. The van der Waals surface area contributed by atoms with Crippen LogP contribution in [0.2, 0.25) is 0 Å². The van der Waals surface area contributed by atoms with Gasteiger partial charge in [0, 0.05) is 0 Å². The van der Waals surface area contributed by atoms with E-state index in [0.29, 0.717) is 5.92 Å². The standard InChI is InChI=1S/C10H17NO2/c12-10(13)8-1-2-9-6-11-4-3-7(9)5-8/h7-9,11H,1-6H2,(H,12,13). The number of hydrogen-bond acceptors (Lipinski definition) is 2. The lowest BCUT2D eigenvalue weighted by Crippen LogP contribution is -2.41. The molecule has 13 heavy (non-hydrogen) atoms. The number of nitrogens with one attached hydrogen (secondary N) is 1. The van der Waals surface area contributed by atoms with E-state index in [9.17, 15) is 4.79 Å². The summed E-state index contributed by atoms with van der Waals surface area (Å²) in [6, 6.07) is 0. The second kappa shape index (κ2) is 3.66. The highest BCUT2D eigenvalue weighted by molar-refractivity contribution is 5.70. The van der Waals surface area contributed by atoms with Crippen LogP contribution < -0.4 is 5.32 Å². The highest BCUT2D eigenvalue weighted by Gasteiger charge is 2.34. The van der Waals surface area contributed by atoms with Crippen molar-refractivity contribution >= 4 is 5.97 Å². The summed E-state index contributed by atoms with van der Waals surface area (Å²) in [6.07, 6.45) is 4.09. The van der Waals surface area contributed by atoms with Gasteiger partial charge in [0.15, 0.2) is 0 Å². The Bertz CT molecular complexity index is 205. The van der Waals surface area contributed by atoms with E-state index in [2.05, 4.69) is 5.32 Å². The van der Waals surface area contributed by atoms with E-state index in [4.69, 9.17) is 5.11 Å². The molecule has 0 amide bonds. The van der Waals surface area contributed by atoms with Gasteiger partial charge in [-0.15, -0.1) is 0 Å². The van der Waals surface area contributed by atoms with Gasteiger partial charge in [-0.2, -0.15) is 0 Å². The molecule has 1 aliphatic heterocycles. The molecule has 3 heteroatoms. The zero-order valence-corrected chi connectivity index (χ0v) is 7.83. The third-order valence-electron chi connectivity index (χ3n) is 3.59. The van der Waals surface area contributed by atoms with Crippen LogP contribution in [0.15, 0.2) is 0 Å². The van der Waals surface area contributed by atoms with Gasteiger partial charge in [0.2, 0.25) is 0 Å². The summed E-state index contributed by atoms with van der Waals surface area (Å²) in [5, 5.41) is 12.3. The van der Waals surface area contributed by atoms with Gasteiger partial charge in [0.25, 0.3) is 0 Å². The third kappa shape index (κ3) is 1.85. The predicted molar refractivity (Wildman–Crippen MR) is 49.4 cm³/mol. The molecule has 2 fully saturated rings. The molecule has 0 spiro atoms. The van der Waals surface area contributed by atoms with Crippen molar-refractivity contribution in [3.63, 3.8) is 0 Å². The summed E-state index contributed by atoms with van der Waals surface area (Å²) in [6.45, 7) is 2.19. The van der Waals surface area contributed by atoms with Crippen molar-refractivity contribution in [2.45, 2.75) is 25.7 Å². The van der Waals surface area contributed by atoms with E-state index < -0.39 is 5.97 Å². The van der Waals surface area contributed by atoms with Gasteiger partial charge in [0.1, 0.15) is 0 Å². The lowest BCUT2D eigenvalue weighted by molar-refractivity contribution is -0.144. The first-order valence-corrected chi connectivity index (χ1v) is 5.21. The van der Waals surface area contributed by atoms with Crippen LogP contribution >= 0.6 is 0 Å². The second-order valence-corrected chi connectivity index (χ2v) is 4.36. The first-order chi connectivity index (χ1) is 6.27. The highest BCUT2D eigenvalue weighted by atomic mass is 16.4. The van der Waals surface area contributed by atoms with E-state index in [-0.39, 0.29) is 5.92 Å². The molecule has 3 atom stereocenters. The van der Waals surface area contributed by atoms with Crippen LogP contribution in [-0.4, -0.2) is 24.2 Å². The average molecular weight is 183 g/mol. The molecule has 0 aromatic carbocycles. The molecule has 0 bridgehead atoms. The number of hydrogen-bond donors (Lipinski definition) is 2. The summed E-state index contributed by atoms with van der Waals surface area (Å²) in [7, 11) is 0. The largest absolute Gasteiger partial charge is 0.481 e. The van der Waals surface area contributed by atoms with E-state index >= 15 is 0 Å². The van der Waals surface area contributed by atoms with Gasteiger partial charge in [0.05, 0.1) is 5.92 Å². The molecule has 0 aromatic heterocycles. The lowest BCUT2D eigenvalue weighted by atomic mass is 9.71. The molecular weight excluding hydrogens is 166 g/mol. The Balaban J connectivity index is 1.95. The minimum atomic E-state index is -0.586. The molecule has 1 saturated carbocycles. The summed E-state index contributed by atoms with van der Waals surface area (Å²) in [5.74, 6) is 0.789. The van der Waals surface area contributed by atoms with Crippen LogP contribution in [0.1, 0.15) is 25.7 Å². The van der Waals surface area contributed by atoms with Crippen molar-refractivity contribution in [1.29, 1.82) is 0 Å². The Morgan fingerprint density at radius 2 is 2.08 bits per heavy atom. The maximum atomic E-state index is 10.8. The second-order valence-electron chi connectivity index (χ2n) is 4.36. The molecule has 1 aliphatic carbocycles. The fourth-order valence-corrected chi connectivity index (χ4v) is 2.75. The molecule has 3 nitrogen and oxygen atoms in total. The van der Waals surface area contributed by atoms with Crippen molar-refractivity contribution in [2.24, 2.45) is 17.8 Å². The third-order valence-corrected chi connectivity index (χ3v) is 3.59. The zero-order valence-electron chi connectivity index (χ0n) is 7.83. The maximum absolute atomic E-state index is 10.8. The summed E-state index contributed by atoms with van der Waals surface area (Å²) in [5.41, 5.74) is 0. The maximum Gasteiger partial charge on any atom is 0.306 e. The van der Waals surface area contributed by atoms with E-state index in [0.717, 1.165) is 38.3 Å². The number of carboxylic acid groups (broad SMARTS) is 1. The molecule has 2 rings (SSSR count). The van der Waals surface area contributed by atoms with Crippen molar-refractivity contribution in [3.05, 3.63) is 0 Å². The van der Waals surface area contributed by atoms with E-state index in [1.807, 2.05) is 0 Å². The number of rotatable bonds is 1. The van der Waals surface area contributed by atoms with E-state index in [1.54, 1.807) is 0 Å². The van der Waals surface area contributed by atoms with Gasteiger partial charge in [-0.1, -0.05) is 0 Å². The van der Waals surface area contributed by atoms with Gasteiger partial charge in [-0.25, -0.2) is 0 Å². The molecule has 74 valence electrons. The molecule has 0 radical (unpaired) electrons. The van der Waals surface area contributed by atoms with Gasteiger partial charge < -0.3 is 10.4 Å². The topological polar surface area (TPSA) is 49.3 Å². The number of carboxylic acids is 1. The Labute approximate surface area is 78.5 Å². The van der Waals surface area contributed by atoms with Crippen molar-refractivity contribution in [2.75, 3.05) is 13.1 Å². The van der Waals surface area contributed by atoms with Crippen LogP contribution in [0.5, 0.6) is 0 Å². The van der Waals surface area contributed by atoms with Gasteiger partial charge in [-0.3, -0.25) is 4.79 Å². The monoisotopic (exact) mass is 183 g/mol. The Morgan fingerprint density at radius 1 is 1.23 bits per heavy atom. The molecule has 1 heterocycles. The average Bonchev–Trinajstić information content (AvgIpc) is 2.17. The molecule has 3 unspecified atom stereocenters. The predicted octanol–water partition coefficient (Wildman–Crippen LogP) is 1.10. The minimum absolute atomic E-state index is 0.0562. The molecule has 2 aliphatic rings. The molecule has 0 aromatic rings. The smallest absolute Gasteiger partial charge is 0.306 e. The van der Waals surface area contributed by atoms with Crippen LogP contribution in [0.25, 0.3) is 0 Å². The van der Waals surface area contributed by atoms with Gasteiger partial charge in [-0.05, 0) is 50.6 Å². The fraction of sp³-hybridized carbons (Fsp3) is 0.900. The summed E-state index contributed by atoms with van der Waals surface area (Å²) < 4.78 is 0. The molecule has 2 N–H and O–H groups in total. The number of fused-ring (bicyclic) bond motifs is 1. The number of aliphatic carboxylic acids is 1. The lowest BCUT2D eigenvalue weighted by Gasteiger charge is -2.38. The van der Waals surface area contributed by atoms with Crippen LogP contribution in [0.4, 0.5) is 0 Å². The fourth-order valence-electron chi connectivity index (χ4n) is 2.75. The van der Waals surface area contributed by atoms with Crippen LogP contribution in [0.3, 0.4) is 0 Å². The molecule has 1 saturated heterocycles. The SMILES string of the molecule is O=C(O)C1CCC2CNCCC2C1. The first kappa shape index (κ1) is 9.00. The number of carbonyl (C=O) groups is 1. The zero-order chi connectivity index (χ0) is 9.26. The summed E-state index contributed by atoms with van der Waals surface area (Å²) in [4.78, 5) is 10.8. The Morgan fingerprint density at radius 3 is 2.85 bits per heavy atom. The van der Waals surface area contributed by atoms with Gasteiger partial charge >= 0.3 is 5.97 Å². The normalized spacial score (nSPS) is 39.5. The first-order valence-electron chi connectivity index (χ1n) is 5.21. The Kier molecular flexibility index (Phi) is 2.54. The minimum Gasteiger partial charge on any atom is -0.481 e. The number of piperidine rings is 1.